The molecule has 0 radical (unpaired) electrons. The van der Waals surface area contributed by atoms with Gasteiger partial charge in [0.15, 0.2) is 6.10 Å². The zero-order valence-corrected chi connectivity index (χ0v) is 55.1. The summed E-state index contributed by atoms with van der Waals surface area (Å²) in [6, 6.07) is -3.52. The SMILES string of the molecule is CC[C@H](C)[C@H]1C(=O)NCC(=O)N(C)[C@@H](C(C)C)C(=O)N[C@@H](Cc2ccc(OC)cc2)C(=O)O[C@@H](C)C(=O)N2CCCC[C@H]2C(=O)N(C)[C@@H](C(C)C)C(=O)N[C@@H](C(C)C)C(=O)N(C)[C@@H](CC(=O)OCCC(C)(C)C)C(=O)N(C)[C@@H]([C@@H](C)CC)C(=O)N1C. The third-order valence-corrected chi connectivity index (χ3v) is 16.9. The van der Waals surface area contributed by atoms with Crippen molar-refractivity contribution in [2.24, 2.45) is 35.0 Å². The molecular formula is C63H103N9O14. The van der Waals surface area contributed by atoms with Crippen LogP contribution in [0.2, 0.25) is 0 Å². The molecule has 0 unspecified atom stereocenters. The summed E-state index contributed by atoms with van der Waals surface area (Å²) in [6.07, 6.45) is 0.320. The van der Waals surface area contributed by atoms with Gasteiger partial charge in [0, 0.05) is 48.2 Å². The van der Waals surface area contributed by atoms with Gasteiger partial charge >= 0.3 is 11.9 Å². The summed E-state index contributed by atoms with van der Waals surface area (Å²) in [5.41, 5.74) is 0.375. The quantitative estimate of drug-likeness (QED) is 0.220. The second-order valence-corrected chi connectivity index (χ2v) is 25.8. The van der Waals surface area contributed by atoms with Crippen LogP contribution in [0.5, 0.6) is 5.75 Å². The zero-order valence-electron chi connectivity index (χ0n) is 55.1. The lowest BCUT2D eigenvalue weighted by Crippen LogP contribution is -2.63. The van der Waals surface area contributed by atoms with Gasteiger partial charge in [0.05, 0.1) is 26.7 Å². The van der Waals surface area contributed by atoms with Gasteiger partial charge in [-0.2, -0.15) is 0 Å². The summed E-state index contributed by atoms with van der Waals surface area (Å²) < 4.78 is 16.9. The number of cyclic esters (lactones) is 1. The highest BCUT2D eigenvalue weighted by atomic mass is 16.6. The molecule has 23 nitrogen and oxygen atoms in total. The van der Waals surface area contributed by atoms with Crippen LogP contribution in [0.4, 0.5) is 0 Å². The van der Waals surface area contributed by atoms with Gasteiger partial charge in [0.1, 0.15) is 54.1 Å². The number of carbonyl (C=O) groups is 11. The maximum Gasteiger partial charge on any atom is 0.329 e. The summed E-state index contributed by atoms with van der Waals surface area (Å²) in [7, 11) is 8.49. The van der Waals surface area contributed by atoms with Crippen LogP contribution < -0.4 is 20.7 Å². The third kappa shape index (κ3) is 19.3. The Kier molecular flexibility index (Phi) is 28.0. The maximum absolute atomic E-state index is 15.3. The number of nitrogens with zero attached hydrogens (tertiary/aromatic N) is 6. The van der Waals surface area contributed by atoms with Crippen LogP contribution in [-0.2, 0) is 68.6 Å². The molecule has 3 rings (SSSR count). The first-order valence-electron chi connectivity index (χ1n) is 30.6. The molecule has 2 aliphatic rings. The maximum atomic E-state index is 15.3. The molecule has 0 aliphatic carbocycles. The Morgan fingerprint density at radius 1 is 0.640 bits per heavy atom. The molecule has 1 aromatic rings. The van der Waals surface area contributed by atoms with Crippen molar-refractivity contribution in [1.29, 1.82) is 0 Å². The van der Waals surface area contributed by atoms with Crippen molar-refractivity contribution in [1.82, 2.24) is 45.3 Å². The van der Waals surface area contributed by atoms with E-state index in [9.17, 15) is 38.4 Å². The number of rotatable bonds is 14. The van der Waals surface area contributed by atoms with E-state index in [1.807, 2.05) is 34.6 Å². The fraction of sp³-hybridized carbons (Fsp3) is 0.730. The summed E-state index contributed by atoms with van der Waals surface area (Å²) in [4.78, 5) is 168. The predicted molar refractivity (Wildman–Crippen MR) is 324 cm³/mol. The Morgan fingerprint density at radius 3 is 1.71 bits per heavy atom. The summed E-state index contributed by atoms with van der Waals surface area (Å²) in [6.45, 7) is 24.2. The van der Waals surface area contributed by atoms with Gasteiger partial charge in [-0.3, -0.25) is 47.9 Å². The molecule has 0 bridgehead atoms. The molecule has 0 spiro atoms. The Morgan fingerprint density at radius 2 is 1.17 bits per heavy atom. The number of nitrogens with one attached hydrogen (secondary N) is 3. The minimum atomic E-state index is -1.58. The molecule has 2 fully saturated rings. The van der Waals surface area contributed by atoms with Crippen molar-refractivity contribution in [2.45, 2.75) is 203 Å². The van der Waals surface area contributed by atoms with Crippen molar-refractivity contribution in [3.05, 3.63) is 29.8 Å². The molecule has 2 aliphatic heterocycles. The lowest BCUT2D eigenvalue weighted by molar-refractivity contribution is -0.165. The number of ether oxygens (including phenoxy) is 3. The summed E-state index contributed by atoms with van der Waals surface area (Å²) in [5, 5.41) is 8.32. The van der Waals surface area contributed by atoms with E-state index >= 15 is 14.4 Å². The molecule has 9 amide bonds. The standard InChI is InChI=1S/C63H103N9O14/c1-21-39(9)52-54(75)64-35-47(73)68(16)50(37(5)6)55(76)65-44(33-42-26-28-43(84-20)29-27-42)62(83)86-41(11)57(78)72-31-24-23-25-45(72)58(79)69(17)51(38(7)8)56(77)66-49(36(3)4)60(81)67(15)46(34-48(74)85-32-30-63(12,13)14)59(80)71(19)53(40(10)22-2)61(82)70(52)18/h26-29,36-41,44-46,49-53H,21-25,30-35H2,1-20H3,(H,64,75)(H,65,76)(H,66,77)/t39-,40-,41-,44-,45-,46-,49-,50-,51-,52-,53-/m0/s1. The molecular weight excluding hydrogens is 1110 g/mol. The van der Waals surface area contributed by atoms with Gasteiger partial charge in [0.2, 0.25) is 47.3 Å². The number of hydrogen-bond acceptors (Lipinski definition) is 14. The number of esters is 2. The highest BCUT2D eigenvalue weighted by Crippen LogP contribution is 2.27. The largest absolute Gasteiger partial charge is 0.497 e. The van der Waals surface area contributed by atoms with E-state index in [1.165, 1.54) is 68.9 Å². The third-order valence-electron chi connectivity index (χ3n) is 16.9. The Balaban J connectivity index is 2.31. The van der Waals surface area contributed by atoms with E-state index in [0.29, 0.717) is 43.4 Å². The number of likely N-dealkylation sites (N-methyl/N-ethyl adjacent to an activating group) is 5. The van der Waals surface area contributed by atoms with E-state index in [4.69, 9.17) is 14.2 Å². The lowest BCUT2D eigenvalue weighted by Gasteiger charge is -2.41. The fourth-order valence-corrected chi connectivity index (χ4v) is 11.2. The molecule has 23 heteroatoms. The van der Waals surface area contributed by atoms with Crippen LogP contribution in [-0.4, -0.2) is 211 Å². The van der Waals surface area contributed by atoms with Crippen molar-refractivity contribution in [3.8, 4) is 5.75 Å². The molecule has 1 aromatic carbocycles. The molecule has 484 valence electrons. The van der Waals surface area contributed by atoms with Gasteiger partial charge in [-0.15, -0.1) is 0 Å². The fourth-order valence-electron chi connectivity index (χ4n) is 11.2. The second kappa shape index (κ2) is 32.8. The Bertz CT molecular complexity index is 2530. The monoisotopic (exact) mass is 1210 g/mol. The molecule has 0 aromatic heterocycles. The Hall–Kier alpha value is -6.81. The summed E-state index contributed by atoms with van der Waals surface area (Å²) in [5.74, 6) is -10.3. The smallest absolute Gasteiger partial charge is 0.329 e. The van der Waals surface area contributed by atoms with Crippen LogP contribution in [0.25, 0.3) is 0 Å². The van der Waals surface area contributed by atoms with Gasteiger partial charge in [-0.25, -0.2) is 4.79 Å². The Labute approximate surface area is 511 Å². The van der Waals surface area contributed by atoms with Crippen molar-refractivity contribution in [2.75, 3.05) is 62.0 Å². The average Bonchev–Trinajstić information content (AvgIpc) is 1.25. The topological polar surface area (TPSA) is 271 Å². The van der Waals surface area contributed by atoms with Crippen LogP contribution in [0, 0.1) is 35.0 Å². The minimum Gasteiger partial charge on any atom is -0.497 e. The molecule has 2 heterocycles. The molecule has 3 N–H and O–H groups in total. The van der Waals surface area contributed by atoms with Crippen molar-refractivity contribution < 1.29 is 67.0 Å². The highest BCUT2D eigenvalue weighted by molar-refractivity contribution is 5.99. The number of piperidine rings is 1. The number of amides is 9. The van der Waals surface area contributed by atoms with Gasteiger partial charge in [-0.05, 0) is 85.3 Å². The number of hydrogen-bond donors (Lipinski definition) is 3. The van der Waals surface area contributed by atoms with Gasteiger partial charge in [0.25, 0.3) is 5.91 Å². The number of fused-ring (bicyclic) bond motifs is 1. The van der Waals surface area contributed by atoms with E-state index < -0.39 is 162 Å². The van der Waals surface area contributed by atoms with Crippen LogP contribution in [0.3, 0.4) is 0 Å². The van der Waals surface area contributed by atoms with E-state index in [0.717, 1.165) is 9.80 Å². The lowest BCUT2D eigenvalue weighted by atomic mass is 9.92. The van der Waals surface area contributed by atoms with Crippen molar-refractivity contribution >= 4 is 65.1 Å². The van der Waals surface area contributed by atoms with Gasteiger partial charge in [-0.1, -0.05) is 115 Å². The van der Waals surface area contributed by atoms with Crippen LogP contribution >= 0.6 is 0 Å². The van der Waals surface area contributed by atoms with E-state index in [-0.39, 0.29) is 31.4 Å². The first kappa shape index (κ1) is 73.4. The van der Waals surface area contributed by atoms with Gasteiger partial charge < -0.3 is 59.6 Å². The zero-order chi connectivity index (χ0) is 65.4. The molecule has 86 heavy (non-hydrogen) atoms. The predicted octanol–water partition coefficient (Wildman–Crippen LogP) is 4.21. The van der Waals surface area contributed by atoms with Crippen molar-refractivity contribution in [3.63, 3.8) is 0 Å². The first-order valence-corrected chi connectivity index (χ1v) is 30.6. The molecule has 11 atom stereocenters. The normalized spacial score (nSPS) is 25.9. The highest BCUT2D eigenvalue weighted by Gasteiger charge is 2.46. The molecule has 2 saturated heterocycles. The second-order valence-electron chi connectivity index (χ2n) is 25.8. The van der Waals surface area contributed by atoms with E-state index in [2.05, 4.69) is 16.0 Å². The number of benzene rings is 1. The molecule has 0 saturated carbocycles. The van der Waals surface area contributed by atoms with Crippen LogP contribution in [0.15, 0.2) is 24.3 Å². The van der Waals surface area contributed by atoms with Crippen LogP contribution in [0.1, 0.15) is 147 Å². The van der Waals surface area contributed by atoms with E-state index in [1.54, 1.807) is 79.7 Å². The first-order chi connectivity index (χ1) is 40.1. The average molecular weight is 1210 g/mol. The number of carbonyl (C=O) groups excluding carboxylic acids is 11. The summed E-state index contributed by atoms with van der Waals surface area (Å²) >= 11 is 0. The number of methoxy groups -OCH3 is 1. The minimum absolute atomic E-state index is 0.0172.